The van der Waals surface area contributed by atoms with E-state index in [0.29, 0.717) is 16.9 Å². The number of fused-ring (bicyclic) bond motifs is 1. The van der Waals surface area contributed by atoms with E-state index in [4.69, 9.17) is 4.42 Å². The zero-order valence-corrected chi connectivity index (χ0v) is 16.4. The van der Waals surface area contributed by atoms with Gasteiger partial charge in [-0.3, -0.25) is 9.78 Å². The van der Waals surface area contributed by atoms with E-state index in [9.17, 15) is 4.79 Å². The average Bonchev–Trinajstić information content (AvgIpc) is 3.07. The summed E-state index contributed by atoms with van der Waals surface area (Å²) in [4.78, 5) is 17.2. The maximum Gasteiger partial charge on any atom is 0.277 e. The normalized spacial score (nSPS) is 12.5. The molecule has 3 aromatic rings. The van der Waals surface area contributed by atoms with E-state index < -0.39 is 0 Å². The maximum absolute atomic E-state index is 12.9. The van der Waals surface area contributed by atoms with Gasteiger partial charge >= 0.3 is 0 Å². The summed E-state index contributed by atoms with van der Waals surface area (Å²) in [6, 6.07) is 9.49. The van der Waals surface area contributed by atoms with Gasteiger partial charge in [-0.1, -0.05) is 31.7 Å². The second-order valence-electron chi connectivity index (χ2n) is 6.04. The van der Waals surface area contributed by atoms with Crippen LogP contribution in [-0.2, 0) is 10.5 Å². The molecule has 0 aliphatic heterocycles. The zero-order valence-electron chi connectivity index (χ0n) is 14.8. The SMILES string of the molecule is CSCc1nnc(SC(C(=O)Nc2cccc3ncccc23)C(C)C)o1. The quantitative estimate of drug-likeness (QED) is 0.606. The number of rotatable bonds is 7. The van der Waals surface area contributed by atoms with Crippen molar-refractivity contribution in [3.8, 4) is 0 Å². The molecule has 136 valence electrons. The highest BCUT2D eigenvalue weighted by molar-refractivity contribution is 8.00. The Bertz CT molecular complexity index is 892. The molecule has 1 N–H and O–H groups in total. The lowest BCUT2D eigenvalue weighted by molar-refractivity contribution is -0.116. The van der Waals surface area contributed by atoms with Gasteiger partial charge in [0.25, 0.3) is 5.22 Å². The predicted octanol–water partition coefficient (Wildman–Crippen LogP) is 4.24. The number of nitrogens with zero attached hydrogens (tertiary/aromatic N) is 3. The smallest absolute Gasteiger partial charge is 0.277 e. The lowest BCUT2D eigenvalue weighted by Crippen LogP contribution is -2.29. The molecule has 26 heavy (non-hydrogen) atoms. The first-order chi connectivity index (χ1) is 12.6. The molecular formula is C18H20N4O2S2. The number of thioether (sulfide) groups is 2. The molecule has 0 radical (unpaired) electrons. The van der Waals surface area contributed by atoms with Crippen molar-refractivity contribution in [2.75, 3.05) is 11.6 Å². The number of pyridine rings is 1. The topological polar surface area (TPSA) is 80.9 Å². The first-order valence-corrected chi connectivity index (χ1v) is 10.5. The van der Waals surface area contributed by atoms with E-state index >= 15 is 0 Å². The fraction of sp³-hybridized carbons (Fsp3) is 0.333. The van der Waals surface area contributed by atoms with E-state index in [-0.39, 0.29) is 17.1 Å². The van der Waals surface area contributed by atoms with Gasteiger partial charge in [-0.05, 0) is 36.4 Å². The van der Waals surface area contributed by atoms with E-state index in [1.54, 1.807) is 18.0 Å². The summed E-state index contributed by atoms with van der Waals surface area (Å²) in [6.45, 7) is 4.00. The number of aromatic nitrogens is 3. The van der Waals surface area contributed by atoms with E-state index in [1.165, 1.54) is 11.8 Å². The Labute approximate surface area is 160 Å². The standard InChI is InChI=1S/C18H20N4O2S2/c1-11(2)16(26-18-22-21-15(24-18)10-25-3)17(23)20-14-8-4-7-13-12(14)6-5-9-19-13/h4-9,11,16H,10H2,1-3H3,(H,20,23). The highest BCUT2D eigenvalue weighted by Gasteiger charge is 2.26. The summed E-state index contributed by atoms with van der Waals surface area (Å²) in [6.07, 6.45) is 3.71. The van der Waals surface area contributed by atoms with Crippen molar-refractivity contribution >= 4 is 46.0 Å². The highest BCUT2D eigenvalue weighted by atomic mass is 32.2. The Hall–Kier alpha value is -2.06. The van der Waals surface area contributed by atoms with Crippen LogP contribution in [0.4, 0.5) is 5.69 Å². The first-order valence-electron chi connectivity index (χ1n) is 8.21. The van der Waals surface area contributed by atoms with Crippen molar-refractivity contribution in [2.24, 2.45) is 5.92 Å². The summed E-state index contributed by atoms with van der Waals surface area (Å²) in [7, 11) is 0. The van der Waals surface area contributed by atoms with Crippen LogP contribution in [0.1, 0.15) is 19.7 Å². The van der Waals surface area contributed by atoms with Crippen molar-refractivity contribution in [3.05, 3.63) is 42.4 Å². The largest absolute Gasteiger partial charge is 0.415 e. The van der Waals surface area contributed by atoms with Gasteiger partial charge in [0.15, 0.2) is 0 Å². The minimum absolute atomic E-state index is 0.0917. The van der Waals surface area contributed by atoms with Crippen LogP contribution < -0.4 is 5.32 Å². The minimum atomic E-state index is -0.343. The van der Waals surface area contributed by atoms with Gasteiger partial charge in [0.05, 0.1) is 22.2 Å². The van der Waals surface area contributed by atoms with E-state index in [2.05, 4.69) is 20.5 Å². The van der Waals surface area contributed by atoms with Gasteiger partial charge in [-0.2, -0.15) is 11.8 Å². The molecule has 1 aromatic carbocycles. The molecule has 2 aromatic heterocycles. The van der Waals surface area contributed by atoms with Gasteiger partial charge in [0, 0.05) is 11.6 Å². The number of nitrogens with one attached hydrogen (secondary N) is 1. The molecule has 3 rings (SSSR count). The molecule has 0 saturated heterocycles. The van der Waals surface area contributed by atoms with Crippen LogP contribution in [0.3, 0.4) is 0 Å². The molecule has 1 atom stereocenters. The summed E-state index contributed by atoms with van der Waals surface area (Å²) in [5.74, 6) is 1.24. The van der Waals surface area contributed by atoms with Gasteiger partial charge in [-0.15, -0.1) is 10.2 Å². The molecule has 8 heteroatoms. The summed E-state index contributed by atoms with van der Waals surface area (Å²) >= 11 is 2.91. The van der Waals surface area contributed by atoms with E-state index in [1.807, 2.05) is 50.4 Å². The van der Waals surface area contributed by atoms with E-state index in [0.717, 1.165) is 16.6 Å². The molecule has 1 amide bonds. The first kappa shape index (κ1) is 18.7. The van der Waals surface area contributed by atoms with Gasteiger partial charge < -0.3 is 9.73 Å². The molecule has 2 heterocycles. The molecule has 0 saturated carbocycles. The third-order valence-corrected chi connectivity index (χ3v) is 5.63. The molecule has 6 nitrogen and oxygen atoms in total. The molecule has 0 aliphatic carbocycles. The van der Waals surface area contributed by atoms with Crippen LogP contribution in [0.5, 0.6) is 0 Å². The maximum atomic E-state index is 12.9. The van der Waals surface area contributed by atoms with Gasteiger partial charge in [-0.25, -0.2) is 0 Å². The van der Waals surface area contributed by atoms with Gasteiger partial charge in [0.1, 0.15) is 0 Å². The van der Waals surface area contributed by atoms with Crippen LogP contribution in [0.15, 0.2) is 46.2 Å². The lowest BCUT2D eigenvalue weighted by Gasteiger charge is -2.18. The second kappa shape index (κ2) is 8.55. The molecule has 1 unspecified atom stereocenters. The van der Waals surface area contributed by atoms with Crippen molar-refractivity contribution in [1.82, 2.24) is 15.2 Å². The predicted molar refractivity (Wildman–Crippen MR) is 106 cm³/mol. The third kappa shape index (κ3) is 4.37. The Morgan fingerprint density at radius 2 is 2.08 bits per heavy atom. The minimum Gasteiger partial charge on any atom is -0.415 e. The van der Waals surface area contributed by atoms with Crippen LogP contribution in [0.25, 0.3) is 10.9 Å². The third-order valence-electron chi connectivity index (χ3n) is 3.71. The number of benzene rings is 1. The number of carbonyl (C=O) groups excluding carboxylic acids is 1. The molecule has 0 bridgehead atoms. The van der Waals surface area contributed by atoms with Crippen molar-refractivity contribution < 1.29 is 9.21 Å². The highest BCUT2D eigenvalue weighted by Crippen LogP contribution is 2.30. The average molecular weight is 389 g/mol. The number of amides is 1. The number of anilines is 1. The lowest BCUT2D eigenvalue weighted by atomic mass is 10.1. The number of hydrogen-bond acceptors (Lipinski definition) is 7. The van der Waals surface area contributed by atoms with Crippen molar-refractivity contribution in [3.63, 3.8) is 0 Å². The van der Waals surface area contributed by atoms with Crippen LogP contribution >= 0.6 is 23.5 Å². The Kier molecular flexibility index (Phi) is 6.16. The number of hydrogen-bond donors (Lipinski definition) is 1. The summed E-state index contributed by atoms with van der Waals surface area (Å²) < 4.78 is 5.61. The molecule has 0 aliphatic rings. The molecular weight excluding hydrogens is 368 g/mol. The Morgan fingerprint density at radius 1 is 1.23 bits per heavy atom. The molecule has 0 spiro atoms. The zero-order chi connectivity index (χ0) is 18.5. The Morgan fingerprint density at radius 3 is 2.85 bits per heavy atom. The monoisotopic (exact) mass is 388 g/mol. The van der Waals surface area contributed by atoms with Crippen LogP contribution in [0.2, 0.25) is 0 Å². The van der Waals surface area contributed by atoms with Crippen LogP contribution in [0, 0.1) is 5.92 Å². The van der Waals surface area contributed by atoms with Crippen molar-refractivity contribution in [1.29, 1.82) is 0 Å². The number of carbonyl (C=O) groups is 1. The van der Waals surface area contributed by atoms with Crippen LogP contribution in [-0.4, -0.2) is 32.6 Å². The second-order valence-corrected chi connectivity index (χ2v) is 8.00. The summed E-state index contributed by atoms with van der Waals surface area (Å²) in [5, 5.41) is 12.1. The fourth-order valence-electron chi connectivity index (χ4n) is 2.48. The summed E-state index contributed by atoms with van der Waals surface area (Å²) in [5.41, 5.74) is 1.60. The fourth-order valence-corrected chi connectivity index (χ4v) is 3.74. The molecule has 0 fully saturated rings. The Balaban J connectivity index is 1.78. The van der Waals surface area contributed by atoms with Crippen molar-refractivity contribution in [2.45, 2.75) is 30.1 Å². The van der Waals surface area contributed by atoms with Gasteiger partial charge in [0.2, 0.25) is 11.8 Å².